The molecule has 0 aliphatic rings. The number of ether oxygens (including phenoxy) is 3. The van der Waals surface area contributed by atoms with E-state index >= 15 is 0 Å². The SMILES string of the molecule is COc1ccc([N+](=O)[O-])cc1O.COc1ccc([N+](=O)[O-])cc1OCc1ccccc1. The lowest BCUT2D eigenvalue weighted by Gasteiger charge is -2.10. The Hall–Kier alpha value is -4.34. The fourth-order valence-electron chi connectivity index (χ4n) is 2.42. The van der Waals surface area contributed by atoms with E-state index in [-0.39, 0.29) is 22.9 Å². The maximum Gasteiger partial charge on any atom is 0.273 e. The lowest BCUT2D eigenvalue weighted by molar-refractivity contribution is -0.385. The number of phenols is 1. The summed E-state index contributed by atoms with van der Waals surface area (Å²) in [7, 11) is 2.87. The van der Waals surface area contributed by atoms with Gasteiger partial charge in [0.2, 0.25) is 0 Å². The van der Waals surface area contributed by atoms with Crippen molar-refractivity contribution in [3.63, 3.8) is 0 Å². The number of nitrogens with zero attached hydrogens (tertiary/aromatic N) is 2. The van der Waals surface area contributed by atoms with Crippen molar-refractivity contribution in [1.29, 1.82) is 0 Å². The van der Waals surface area contributed by atoms with Crippen LogP contribution in [0.4, 0.5) is 11.4 Å². The molecule has 0 unspecified atom stereocenters. The minimum Gasteiger partial charge on any atom is -0.504 e. The summed E-state index contributed by atoms with van der Waals surface area (Å²) >= 11 is 0. The predicted molar refractivity (Wildman–Crippen MR) is 112 cm³/mol. The van der Waals surface area contributed by atoms with E-state index in [0.29, 0.717) is 18.1 Å². The average Bonchev–Trinajstić information content (AvgIpc) is 2.78. The monoisotopic (exact) mass is 428 g/mol. The highest BCUT2D eigenvalue weighted by molar-refractivity contribution is 5.49. The van der Waals surface area contributed by atoms with Gasteiger partial charge in [-0.25, -0.2) is 0 Å². The van der Waals surface area contributed by atoms with E-state index < -0.39 is 9.85 Å². The van der Waals surface area contributed by atoms with Gasteiger partial charge in [0.1, 0.15) is 6.61 Å². The third kappa shape index (κ3) is 6.60. The van der Waals surface area contributed by atoms with Gasteiger partial charge in [-0.3, -0.25) is 20.2 Å². The van der Waals surface area contributed by atoms with Gasteiger partial charge < -0.3 is 19.3 Å². The smallest absolute Gasteiger partial charge is 0.273 e. The van der Waals surface area contributed by atoms with E-state index in [1.807, 2.05) is 30.3 Å². The highest BCUT2D eigenvalue weighted by Gasteiger charge is 2.12. The molecule has 0 aromatic heterocycles. The highest BCUT2D eigenvalue weighted by Crippen LogP contribution is 2.32. The zero-order valence-electron chi connectivity index (χ0n) is 16.8. The van der Waals surface area contributed by atoms with Crippen molar-refractivity contribution >= 4 is 11.4 Å². The molecule has 0 aliphatic carbocycles. The molecule has 1 N–H and O–H groups in total. The van der Waals surface area contributed by atoms with Gasteiger partial charge in [-0.1, -0.05) is 30.3 Å². The Bertz CT molecular complexity index is 1040. The average molecular weight is 428 g/mol. The van der Waals surface area contributed by atoms with Crippen LogP contribution in [-0.2, 0) is 6.61 Å². The molecular weight excluding hydrogens is 408 g/mol. The molecule has 10 nitrogen and oxygen atoms in total. The Kier molecular flexibility index (Phi) is 8.14. The fraction of sp³-hybridized carbons (Fsp3) is 0.143. The Labute approximate surface area is 177 Å². The van der Waals surface area contributed by atoms with Gasteiger partial charge in [0.15, 0.2) is 23.0 Å². The molecule has 0 amide bonds. The number of methoxy groups -OCH3 is 2. The first-order valence-electron chi connectivity index (χ1n) is 8.86. The van der Waals surface area contributed by atoms with Gasteiger partial charge in [-0.2, -0.15) is 0 Å². The summed E-state index contributed by atoms with van der Waals surface area (Å²) in [5, 5.41) is 30.1. The molecule has 0 aliphatic heterocycles. The van der Waals surface area contributed by atoms with Gasteiger partial charge in [0, 0.05) is 12.1 Å². The first kappa shape index (κ1) is 22.9. The Balaban J connectivity index is 0.000000245. The zero-order valence-corrected chi connectivity index (χ0v) is 16.8. The maximum absolute atomic E-state index is 10.7. The molecule has 0 spiro atoms. The van der Waals surface area contributed by atoms with E-state index in [0.717, 1.165) is 11.6 Å². The van der Waals surface area contributed by atoms with E-state index in [2.05, 4.69) is 0 Å². The number of nitro benzene ring substituents is 2. The van der Waals surface area contributed by atoms with Crippen molar-refractivity contribution in [3.05, 3.63) is 92.5 Å². The van der Waals surface area contributed by atoms with Crippen molar-refractivity contribution < 1.29 is 29.2 Å². The molecule has 0 atom stereocenters. The molecule has 0 bridgehead atoms. The van der Waals surface area contributed by atoms with Crippen LogP contribution in [0.15, 0.2) is 66.7 Å². The molecule has 0 radical (unpaired) electrons. The van der Waals surface area contributed by atoms with Crippen molar-refractivity contribution in [2.24, 2.45) is 0 Å². The van der Waals surface area contributed by atoms with Gasteiger partial charge in [-0.15, -0.1) is 0 Å². The standard InChI is InChI=1S/C14H13NO4.C7H7NO4/c1-18-13-8-7-12(15(16)17)9-14(13)19-10-11-5-3-2-4-6-11;1-12-7-3-2-5(8(10)11)4-6(7)9/h2-9H,10H2,1H3;2-4,9H,1H3. The van der Waals surface area contributed by atoms with Crippen molar-refractivity contribution in [2.45, 2.75) is 6.61 Å². The summed E-state index contributed by atoms with van der Waals surface area (Å²) in [6, 6.07) is 17.5. The summed E-state index contributed by atoms with van der Waals surface area (Å²) in [5.41, 5.74) is 0.799. The second kappa shape index (κ2) is 11.0. The summed E-state index contributed by atoms with van der Waals surface area (Å²) in [4.78, 5) is 19.9. The van der Waals surface area contributed by atoms with Gasteiger partial charge >= 0.3 is 0 Å². The van der Waals surface area contributed by atoms with Gasteiger partial charge in [0.05, 0.1) is 36.2 Å². The largest absolute Gasteiger partial charge is 0.504 e. The summed E-state index contributed by atoms with van der Waals surface area (Å²) in [6.45, 7) is 0.332. The molecular formula is C21H20N2O8. The van der Waals surface area contributed by atoms with E-state index in [1.165, 1.54) is 44.6 Å². The zero-order chi connectivity index (χ0) is 22.8. The van der Waals surface area contributed by atoms with Crippen LogP contribution in [0.1, 0.15) is 5.56 Å². The van der Waals surface area contributed by atoms with E-state index in [9.17, 15) is 20.2 Å². The molecule has 162 valence electrons. The van der Waals surface area contributed by atoms with Crippen LogP contribution >= 0.6 is 0 Å². The Morgan fingerprint density at radius 2 is 1.32 bits per heavy atom. The summed E-state index contributed by atoms with van der Waals surface area (Å²) in [6.07, 6.45) is 0. The molecule has 0 saturated carbocycles. The summed E-state index contributed by atoms with van der Waals surface area (Å²) < 4.78 is 15.4. The van der Waals surface area contributed by atoms with Crippen LogP contribution in [0.25, 0.3) is 0 Å². The molecule has 10 heteroatoms. The number of nitro groups is 2. The van der Waals surface area contributed by atoms with Gasteiger partial charge in [-0.05, 0) is 17.7 Å². The number of hydrogen-bond donors (Lipinski definition) is 1. The minimum atomic E-state index is -0.584. The third-order valence-corrected chi connectivity index (χ3v) is 3.97. The topological polar surface area (TPSA) is 134 Å². The predicted octanol–water partition coefficient (Wildman–Crippen LogP) is 4.49. The number of aromatic hydroxyl groups is 1. The Morgan fingerprint density at radius 3 is 1.84 bits per heavy atom. The number of rotatable bonds is 7. The second-order valence-electron chi connectivity index (χ2n) is 5.98. The minimum absolute atomic E-state index is 0.0242. The second-order valence-corrected chi connectivity index (χ2v) is 5.98. The van der Waals surface area contributed by atoms with E-state index in [1.54, 1.807) is 0 Å². The lowest BCUT2D eigenvalue weighted by atomic mass is 10.2. The van der Waals surface area contributed by atoms with Crippen LogP contribution < -0.4 is 14.2 Å². The molecule has 3 rings (SSSR count). The molecule has 0 heterocycles. The first-order valence-corrected chi connectivity index (χ1v) is 8.86. The van der Waals surface area contributed by atoms with Crippen LogP contribution in [-0.4, -0.2) is 29.2 Å². The third-order valence-electron chi connectivity index (χ3n) is 3.97. The fourth-order valence-corrected chi connectivity index (χ4v) is 2.42. The van der Waals surface area contributed by atoms with Crippen LogP contribution in [0, 0.1) is 20.2 Å². The van der Waals surface area contributed by atoms with Crippen LogP contribution in [0.2, 0.25) is 0 Å². The Morgan fingerprint density at radius 1 is 0.774 bits per heavy atom. The number of phenolic OH excluding ortho intramolecular Hbond substituents is 1. The first-order chi connectivity index (χ1) is 14.8. The van der Waals surface area contributed by atoms with E-state index in [4.69, 9.17) is 19.3 Å². The maximum atomic E-state index is 10.7. The highest BCUT2D eigenvalue weighted by atomic mass is 16.6. The lowest BCUT2D eigenvalue weighted by Crippen LogP contribution is -1.98. The number of benzene rings is 3. The van der Waals surface area contributed by atoms with Crippen LogP contribution in [0.5, 0.6) is 23.0 Å². The quantitative estimate of drug-likeness (QED) is 0.430. The molecule has 0 saturated heterocycles. The van der Waals surface area contributed by atoms with Crippen LogP contribution in [0.3, 0.4) is 0 Å². The normalized spacial score (nSPS) is 9.74. The molecule has 3 aromatic rings. The molecule has 31 heavy (non-hydrogen) atoms. The van der Waals surface area contributed by atoms with Crippen molar-refractivity contribution in [1.82, 2.24) is 0 Å². The van der Waals surface area contributed by atoms with Gasteiger partial charge in [0.25, 0.3) is 11.4 Å². The molecule has 0 fully saturated rings. The molecule has 3 aromatic carbocycles. The summed E-state index contributed by atoms with van der Waals surface area (Å²) in [5.74, 6) is 0.828. The number of hydrogen-bond acceptors (Lipinski definition) is 8. The number of non-ortho nitro benzene ring substituents is 2. The van der Waals surface area contributed by atoms with Crippen molar-refractivity contribution in [3.8, 4) is 23.0 Å². The van der Waals surface area contributed by atoms with Crippen molar-refractivity contribution in [2.75, 3.05) is 14.2 Å².